The average Bonchev–Trinajstić information content (AvgIpc) is 3.09. The van der Waals surface area contributed by atoms with Gasteiger partial charge in [-0.25, -0.2) is 0 Å². The van der Waals surface area contributed by atoms with E-state index >= 15 is 0 Å². The lowest BCUT2D eigenvalue weighted by Gasteiger charge is -2.23. The highest BCUT2D eigenvalue weighted by molar-refractivity contribution is 7.98. The molecule has 0 saturated heterocycles. The normalized spacial score (nSPS) is 15.8. The van der Waals surface area contributed by atoms with E-state index in [2.05, 4.69) is 52.4 Å². The summed E-state index contributed by atoms with van der Waals surface area (Å²) in [5.74, 6) is 0.826. The van der Waals surface area contributed by atoms with E-state index in [0.717, 1.165) is 21.7 Å². The van der Waals surface area contributed by atoms with Crippen LogP contribution in [0.3, 0.4) is 0 Å². The van der Waals surface area contributed by atoms with Crippen LogP contribution >= 0.6 is 11.8 Å². The molecule has 27 heavy (non-hydrogen) atoms. The number of nitriles is 1. The van der Waals surface area contributed by atoms with Crippen molar-refractivity contribution in [3.63, 3.8) is 0 Å². The summed E-state index contributed by atoms with van der Waals surface area (Å²) in [6.07, 6.45) is 3.45. The number of hydrogen-bond donors (Lipinski definition) is 2. The predicted octanol–water partition coefficient (Wildman–Crippen LogP) is 3.62. The fourth-order valence-electron chi connectivity index (χ4n) is 3.09. The van der Waals surface area contributed by atoms with Crippen LogP contribution in [0, 0.1) is 18.3 Å². The molecule has 1 aromatic carbocycles. The van der Waals surface area contributed by atoms with Crippen LogP contribution in [0.4, 0.5) is 0 Å². The minimum absolute atomic E-state index is 0.0862. The van der Waals surface area contributed by atoms with E-state index in [1.165, 1.54) is 5.56 Å². The third kappa shape index (κ3) is 3.27. The molecular weight excluding hydrogens is 358 g/mol. The number of fused-ring (bicyclic) bond motifs is 1. The van der Waals surface area contributed by atoms with Gasteiger partial charge in [0.1, 0.15) is 11.6 Å². The SMILES string of the molecule is Cc1ccc(SCc2[nH]nc3c2[C@@H](c2cccnc2)C(C#N)=C(N)O3)cc1. The fourth-order valence-corrected chi connectivity index (χ4v) is 3.95. The second-order valence-corrected chi connectivity index (χ2v) is 7.28. The lowest BCUT2D eigenvalue weighted by molar-refractivity contribution is 0.378. The Hall–Kier alpha value is -3.24. The van der Waals surface area contributed by atoms with Gasteiger partial charge in [-0.3, -0.25) is 10.1 Å². The molecule has 3 aromatic rings. The van der Waals surface area contributed by atoms with Crippen molar-refractivity contribution >= 4 is 11.8 Å². The van der Waals surface area contributed by atoms with E-state index in [9.17, 15) is 5.26 Å². The zero-order chi connectivity index (χ0) is 18.8. The first kappa shape index (κ1) is 17.2. The Bertz CT molecular complexity index is 1030. The van der Waals surface area contributed by atoms with Crippen molar-refractivity contribution < 1.29 is 4.74 Å². The van der Waals surface area contributed by atoms with Crippen LogP contribution in [0.15, 0.2) is 65.1 Å². The smallest absolute Gasteiger partial charge is 0.244 e. The molecule has 6 nitrogen and oxygen atoms in total. The maximum atomic E-state index is 9.66. The predicted molar refractivity (Wildman–Crippen MR) is 103 cm³/mol. The molecule has 0 bridgehead atoms. The highest BCUT2D eigenvalue weighted by Gasteiger charge is 2.35. The van der Waals surface area contributed by atoms with Crippen LogP contribution in [-0.2, 0) is 5.75 Å². The van der Waals surface area contributed by atoms with Crippen LogP contribution in [0.5, 0.6) is 5.88 Å². The number of nitrogens with zero attached hydrogens (tertiary/aromatic N) is 3. The first-order valence-corrected chi connectivity index (χ1v) is 9.40. The summed E-state index contributed by atoms with van der Waals surface area (Å²) >= 11 is 1.69. The van der Waals surface area contributed by atoms with Crippen molar-refractivity contribution in [2.75, 3.05) is 0 Å². The maximum absolute atomic E-state index is 9.66. The fraction of sp³-hybridized carbons (Fsp3) is 0.150. The van der Waals surface area contributed by atoms with Gasteiger partial charge in [0.25, 0.3) is 0 Å². The third-order valence-electron chi connectivity index (χ3n) is 4.44. The number of nitrogens with two attached hydrogens (primary N) is 1. The van der Waals surface area contributed by atoms with Crippen molar-refractivity contribution in [3.05, 3.63) is 82.6 Å². The van der Waals surface area contributed by atoms with Gasteiger partial charge in [0.05, 0.1) is 17.2 Å². The highest BCUT2D eigenvalue weighted by atomic mass is 32.2. The highest BCUT2D eigenvalue weighted by Crippen LogP contribution is 2.43. The molecule has 1 aliphatic heterocycles. The van der Waals surface area contributed by atoms with E-state index in [0.29, 0.717) is 17.2 Å². The van der Waals surface area contributed by atoms with Gasteiger partial charge < -0.3 is 10.5 Å². The second kappa shape index (κ2) is 7.17. The molecule has 134 valence electrons. The molecule has 4 rings (SSSR count). The number of aromatic amines is 1. The minimum Gasteiger partial charge on any atom is -0.420 e. The van der Waals surface area contributed by atoms with Gasteiger partial charge in [-0.2, -0.15) is 5.26 Å². The van der Waals surface area contributed by atoms with E-state index in [1.807, 2.05) is 12.1 Å². The summed E-state index contributed by atoms with van der Waals surface area (Å²) < 4.78 is 5.60. The number of thioether (sulfide) groups is 1. The number of allylic oxidation sites excluding steroid dienone is 1. The molecule has 0 radical (unpaired) electrons. The van der Waals surface area contributed by atoms with Crippen LogP contribution in [0.2, 0.25) is 0 Å². The summed E-state index contributed by atoms with van der Waals surface area (Å²) in [4.78, 5) is 5.35. The van der Waals surface area contributed by atoms with Crippen molar-refractivity contribution in [2.24, 2.45) is 5.73 Å². The van der Waals surface area contributed by atoms with Gasteiger partial charge in [-0.15, -0.1) is 16.9 Å². The number of ether oxygens (including phenoxy) is 1. The van der Waals surface area contributed by atoms with Gasteiger partial charge in [-0.05, 0) is 30.7 Å². The summed E-state index contributed by atoms with van der Waals surface area (Å²) in [6, 6.07) is 14.3. The van der Waals surface area contributed by atoms with E-state index in [-0.39, 0.29) is 11.8 Å². The quantitative estimate of drug-likeness (QED) is 0.676. The summed E-state index contributed by atoms with van der Waals surface area (Å²) in [7, 11) is 0. The van der Waals surface area contributed by atoms with E-state index in [1.54, 1.807) is 24.2 Å². The van der Waals surface area contributed by atoms with E-state index in [4.69, 9.17) is 10.5 Å². The topological polar surface area (TPSA) is 101 Å². The molecule has 2 aromatic heterocycles. The standard InChI is InChI=1S/C20H17N5OS/c1-12-4-6-14(7-5-12)27-11-16-18-17(13-3-2-8-23-10-13)15(9-21)19(22)26-20(18)25-24-16/h2-8,10,17H,11,22H2,1H3,(H,24,25)/t17-/m0/s1. The molecule has 7 heteroatoms. The van der Waals surface area contributed by atoms with Gasteiger partial charge in [-0.1, -0.05) is 23.8 Å². The average molecular weight is 375 g/mol. The minimum atomic E-state index is -0.347. The van der Waals surface area contributed by atoms with Gasteiger partial charge in [0.2, 0.25) is 11.8 Å². The zero-order valence-corrected chi connectivity index (χ0v) is 15.5. The van der Waals surface area contributed by atoms with Gasteiger partial charge >= 0.3 is 0 Å². The van der Waals surface area contributed by atoms with E-state index < -0.39 is 0 Å². The number of aromatic nitrogens is 3. The first-order chi connectivity index (χ1) is 13.2. The molecule has 3 N–H and O–H groups in total. The molecule has 0 amide bonds. The number of H-pyrrole nitrogens is 1. The molecule has 0 fully saturated rings. The Balaban J connectivity index is 1.71. The lowest BCUT2D eigenvalue weighted by atomic mass is 9.85. The monoisotopic (exact) mass is 375 g/mol. The summed E-state index contributed by atoms with van der Waals surface area (Å²) in [5, 5.41) is 17.0. The first-order valence-electron chi connectivity index (χ1n) is 8.41. The molecule has 0 unspecified atom stereocenters. The lowest BCUT2D eigenvalue weighted by Crippen LogP contribution is -2.21. The molecule has 0 spiro atoms. The zero-order valence-electron chi connectivity index (χ0n) is 14.6. The molecule has 3 heterocycles. The molecular formula is C20H17N5OS. The van der Waals surface area contributed by atoms with Crippen LogP contribution < -0.4 is 10.5 Å². The Labute approximate surface area is 161 Å². The molecule has 1 atom stereocenters. The van der Waals surface area contributed by atoms with Crippen LogP contribution in [0.1, 0.15) is 28.3 Å². The summed E-state index contributed by atoms with van der Waals surface area (Å²) in [5.41, 5.74) is 10.2. The number of pyridine rings is 1. The molecule has 0 aliphatic carbocycles. The Morgan fingerprint density at radius 3 is 2.81 bits per heavy atom. The largest absolute Gasteiger partial charge is 0.420 e. The number of nitrogens with one attached hydrogen (secondary N) is 1. The van der Waals surface area contributed by atoms with Crippen molar-refractivity contribution in [1.29, 1.82) is 5.26 Å². The van der Waals surface area contributed by atoms with Crippen molar-refractivity contribution in [2.45, 2.75) is 23.5 Å². The molecule has 1 aliphatic rings. The van der Waals surface area contributed by atoms with Crippen molar-refractivity contribution in [1.82, 2.24) is 15.2 Å². The van der Waals surface area contributed by atoms with Crippen molar-refractivity contribution in [3.8, 4) is 11.9 Å². The van der Waals surface area contributed by atoms with Crippen LogP contribution in [-0.4, -0.2) is 15.2 Å². The number of hydrogen-bond acceptors (Lipinski definition) is 6. The Morgan fingerprint density at radius 1 is 1.30 bits per heavy atom. The van der Waals surface area contributed by atoms with Gasteiger partial charge in [0, 0.05) is 23.0 Å². The summed E-state index contributed by atoms with van der Waals surface area (Å²) in [6.45, 7) is 2.07. The number of benzene rings is 1. The number of rotatable bonds is 4. The second-order valence-electron chi connectivity index (χ2n) is 6.23. The Kier molecular flexibility index (Phi) is 4.57. The maximum Gasteiger partial charge on any atom is 0.244 e. The van der Waals surface area contributed by atoms with Gasteiger partial charge in [0.15, 0.2) is 0 Å². The Morgan fingerprint density at radius 2 is 2.11 bits per heavy atom. The number of aryl methyl sites for hydroxylation is 1. The van der Waals surface area contributed by atoms with Crippen LogP contribution in [0.25, 0.3) is 0 Å². The third-order valence-corrected chi connectivity index (χ3v) is 5.48. The molecule has 0 saturated carbocycles.